The molecule has 0 aromatic heterocycles. The molecule has 0 spiro atoms. The number of nitrogens with one attached hydrogen (secondary N) is 1. The Kier molecular flexibility index (Phi) is 10.4. The van der Waals surface area contributed by atoms with Crippen LogP contribution in [0.5, 0.6) is 0 Å². The van der Waals surface area contributed by atoms with E-state index in [-0.39, 0.29) is 23.8 Å². The maximum atomic E-state index is 14.5. The zero-order valence-electron chi connectivity index (χ0n) is 25.2. The van der Waals surface area contributed by atoms with Crippen LogP contribution in [0.25, 0.3) is 0 Å². The van der Waals surface area contributed by atoms with E-state index in [1.54, 1.807) is 36.4 Å². The highest BCUT2D eigenvalue weighted by Crippen LogP contribution is 2.28. The summed E-state index contributed by atoms with van der Waals surface area (Å²) in [6, 6.07) is 30.0. The van der Waals surface area contributed by atoms with Crippen LogP contribution in [0.4, 0.5) is 5.69 Å². The van der Waals surface area contributed by atoms with Gasteiger partial charge in [-0.05, 0) is 68.1 Å². The second-order valence-corrected chi connectivity index (χ2v) is 12.5. The SMILES string of the molecule is CCNC(=O)[C@H](Cc1ccccc1)N(Cc1ccccc1C)C(=O)CN(c1ccccc1C)S(=O)(=O)c1ccc(C)cc1. The van der Waals surface area contributed by atoms with Crippen molar-refractivity contribution in [2.75, 3.05) is 17.4 Å². The smallest absolute Gasteiger partial charge is 0.264 e. The molecule has 0 aliphatic carbocycles. The number of likely N-dealkylation sites (N-methyl/N-ethyl adjacent to an activating group) is 1. The Hall–Kier alpha value is -4.43. The summed E-state index contributed by atoms with van der Waals surface area (Å²) in [4.78, 5) is 29.7. The van der Waals surface area contributed by atoms with Crippen molar-refractivity contribution in [3.8, 4) is 0 Å². The minimum absolute atomic E-state index is 0.0872. The first-order valence-corrected chi connectivity index (χ1v) is 15.9. The molecule has 2 amide bonds. The predicted molar refractivity (Wildman–Crippen MR) is 171 cm³/mol. The fourth-order valence-corrected chi connectivity index (χ4v) is 6.49. The highest BCUT2D eigenvalue weighted by molar-refractivity contribution is 7.92. The number of carbonyl (C=O) groups excluding carboxylic acids is 2. The van der Waals surface area contributed by atoms with Crippen molar-refractivity contribution in [1.82, 2.24) is 10.2 Å². The molecule has 0 bridgehead atoms. The van der Waals surface area contributed by atoms with Crippen molar-refractivity contribution in [1.29, 1.82) is 0 Å². The topological polar surface area (TPSA) is 86.8 Å². The van der Waals surface area contributed by atoms with Gasteiger partial charge < -0.3 is 10.2 Å². The van der Waals surface area contributed by atoms with E-state index >= 15 is 0 Å². The van der Waals surface area contributed by atoms with Crippen LogP contribution in [0.3, 0.4) is 0 Å². The third kappa shape index (κ3) is 7.70. The number of anilines is 1. The Morgan fingerprint density at radius 2 is 1.37 bits per heavy atom. The van der Waals surface area contributed by atoms with Gasteiger partial charge in [-0.2, -0.15) is 0 Å². The lowest BCUT2D eigenvalue weighted by molar-refractivity contribution is -0.140. The molecule has 0 saturated carbocycles. The zero-order valence-corrected chi connectivity index (χ0v) is 26.0. The van der Waals surface area contributed by atoms with Crippen molar-refractivity contribution >= 4 is 27.5 Å². The quantitative estimate of drug-likeness (QED) is 0.231. The lowest BCUT2D eigenvalue weighted by atomic mass is 10.0. The predicted octanol–water partition coefficient (Wildman–Crippen LogP) is 5.58. The number of rotatable bonds is 12. The van der Waals surface area contributed by atoms with Crippen LogP contribution >= 0.6 is 0 Å². The first-order chi connectivity index (χ1) is 20.6. The summed E-state index contributed by atoms with van der Waals surface area (Å²) in [6.07, 6.45) is 0.277. The van der Waals surface area contributed by atoms with Crippen LogP contribution in [0.2, 0.25) is 0 Å². The Morgan fingerprint density at radius 3 is 2.00 bits per heavy atom. The summed E-state index contributed by atoms with van der Waals surface area (Å²) in [5, 5.41) is 2.89. The number of para-hydroxylation sites is 1. The first-order valence-electron chi connectivity index (χ1n) is 14.4. The van der Waals surface area contributed by atoms with E-state index in [0.29, 0.717) is 17.8 Å². The number of amides is 2. The minimum Gasteiger partial charge on any atom is -0.355 e. The second-order valence-electron chi connectivity index (χ2n) is 10.7. The molecule has 224 valence electrons. The summed E-state index contributed by atoms with van der Waals surface area (Å²) in [5.74, 6) is -0.772. The van der Waals surface area contributed by atoms with Crippen molar-refractivity contribution in [3.05, 3.63) is 131 Å². The van der Waals surface area contributed by atoms with Crippen LogP contribution in [0, 0.1) is 20.8 Å². The summed E-state index contributed by atoms with van der Waals surface area (Å²) < 4.78 is 29.4. The summed E-state index contributed by atoms with van der Waals surface area (Å²) >= 11 is 0. The molecule has 7 nitrogen and oxygen atoms in total. The minimum atomic E-state index is -4.13. The van der Waals surface area contributed by atoms with Gasteiger partial charge in [0.05, 0.1) is 10.6 Å². The lowest BCUT2D eigenvalue weighted by Crippen LogP contribution is -2.53. The molecule has 0 aliphatic heterocycles. The monoisotopic (exact) mass is 597 g/mol. The second kappa shape index (κ2) is 14.2. The Morgan fingerprint density at radius 1 is 0.767 bits per heavy atom. The van der Waals surface area contributed by atoms with Gasteiger partial charge in [0.25, 0.3) is 10.0 Å². The summed E-state index contributed by atoms with van der Waals surface area (Å²) in [5.41, 5.74) is 4.78. The third-order valence-electron chi connectivity index (χ3n) is 7.50. The largest absolute Gasteiger partial charge is 0.355 e. The molecule has 8 heteroatoms. The highest BCUT2D eigenvalue weighted by atomic mass is 32.2. The molecule has 0 fully saturated rings. The van der Waals surface area contributed by atoms with Crippen LogP contribution in [0.1, 0.15) is 34.7 Å². The summed E-state index contributed by atoms with van der Waals surface area (Å²) in [6.45, 7) is 7.56. The molecule has 4 rings (SSSR count). The molecule has 0 saturated heterocycles. The van der Waals surface area contributed by atoms with E-state index in [1.165, 1.54) is 4.90 Å². The van der Waals surface area contributed by atoms with Crippen LogP contribution in [0.15, 0.2) is 108 Å². The number of hydrogen-bond donors (Lipinski definition) is 1. The highest BCUT2D eigenvalue weighted by Gasteiger charge is 2.35. The van der Waals surface area contributed by atoms with Crippen molar-refractivity contribution in [2.24, 2.45) is 0 Å². The van der Waals surface area contributed by atoms with Crippen molar-refractivity contribution in [3.63, 3.8) is 0 Å². The van der Waals surface area contributed by atoms with Crippen LogP contribution in [-0.4, -0.2) is 44.3 Å². The van der Waals surface area contributed by atoms with Crippen molar-refractivity contribution < 1.29 is 18.0 Å². The van der Waals surface area contributed by atoms with E-state index in [2.05, 4.69) is 5.32 Å². The van der Waals surface area contributed by atoms with Crippen LogP contribution < -0.4 is 9.62 Å². The van der Waals surface area contributed by atoms with E-state index in [4.69, 9.17) is 0 Å². The molecule has 0 aliphatic rings. The molecule has 1 atom stereocenters. The molecule has 4 aromatic rings. The van der Waals surface area contributed by atoms with Gasteiger partial charge in [-0.15, -0.1) is 0 Å². The van der Waals surface area contributed by atoms with Crippen LogP contribution in [-0.2, 0) is 32.6 Å². The number of carbonyl (C=O) groups is 2. The number of sulfonamides is 1. The number of hydrogen-bond acceptors (Lipinski definition) is 4. The molecular formula is C35H39N3O4S. The first kappa shape index (κ1) is 31.5. The van der Waals surface area contributed by atoms with Gasteiger partial charge in [0, 0.05) is 19.5 Å². The molecule has 4 aromatic carbocycles. The van der Waals surface area contributed by atoms with Gasteiger partial charge in [0.2, 0.25) is 11.8 Å². The maximum absolute atomic E-state index is 14.5. The molecule has 1 N–H and O–H groups in total. The third-order valence-corrected chi connectivity index (χ3v) is 9.27. The molecular weight excluding hydrogens is 558 g/mol. The normalized spacial score (nSPS) is 11.9. The van der Waals surface area contributed by atoms with E-state index in [1.807, 2.05) is 94.4 Å². The lowest BCUT2D eigenvalue weighted by Gasteiger charge is -2.34. The molecule has 0 unspecified atom stereocenters. The molecule has 0 radical (unpaired) electrons. The fraction of sp³-hybridized carbons (Fsp3) is 0.257. The summed E-state index contributed by atoms with van der Waals surface area (Å²) in [7, 11) is -4.13. The van der Waals surface area contributed by atoms with Gasteiger partial charge in [0.15, 0.2) is 0 Å². The number of benzene rings is 4. The number of aryl methyl sites for hydroxylation is 3. The van der Waals surface area contributed by atoms with Gasteiger partial charge in [-0.25, -0.2) is 8.42 Å². The maximum Gasteiger partial charge on any atom is 0.264 e. The Bertz CT molecular complexity index is 1650. The van der Waals surface area contributed by atoms with Gasteiger partial charge in [-0.1, -0.05) is 90.5 Å². The van der Waals surface area contributed by atoms with Crippen molar-refractivity contribution in [2.45, 2.75) is 51.6 Å². The number of nitrogens with zero attached hydrogens (tertiary/aromatic N) is 2. The van der Waals surface area contributed by atoms with Gasteiger partial charge in [0.1, 0.15) is 12.6 Å². The average molecular weight is 598 g/mol. The van der Waals surface area contributed by atoms with E-state index < -0.39 is 28.5 Å². The van der Waals surface area contributed by atoms with E-state index in [0.717, 1.165) is 26.6 Å². The van der Waals surface area contributed by atoms with E-state index in [9.17, 15) is 18.0 Å². The van der Waals surface area contributed by atoms with Gasteiger partial charge >= 0.3 is 0 Å². The standard InChI is InChI=1S/C35H39N3O4S/c1-5-36-35(40)33(23-29-15-7-6-8-16-29)37(24-30-17-11-9-13-27(30)3)34(39)25-38(32-18-12-10-14-28(32)4)43(41,42)31-21-19-26(2)20-22-31/h6-22,33H,5,23-25H2,1-4H3,(H,36,40)/t33-/m0/s1. The molecule has 43 heavy (non-hydrogen) atoms. The Labute approximate surface area is 255 Å². The molecule has 0 heterocycles. The average Bonchev–Trinajstić information content (AvgIpc) is 2.99. The Balaban J connectivity index is 1.81. The zero-order chi connectivity index (χ0) is 31.0. The van der Waals surface area contributed by atoms with Gasteiger partial charge in [-0.3, -0.25) is 13.9 Å². The fourth-order valence-electron chi connectivity index (χ4n) is 5.01.